The molecule has 1 N–H and O–H groups in total. The van der Waals surface area contributed by atoms with Crippen LogP contribution in [0.25, 0.3) is 5.69 Å². The molecular weight excluding hydrogens is 402 g/mol. The van der Waals surface area contributed by atoms with Crippen LogP contribution in [0, 0.1) is 0 Å². The maximum atomic E-state index is 9.73. The average molecular weight is 442 g/mol. The Morgan fingerprint density at radius 1 is 1.12 bits per heavy atom. The molecule has 2 saturated heterocycles. The maximum Gasteiger partial charge on any atom is 0.144 e. The molecule has 2 aliphatic rings. The standard InChI is InChI=1S/C25H39N5O2/c1-20(2)28-11-8-22(9-12-28)29-14-13-27(19-23(29)10-15-31)17-21-16-26-30(18-21)24-6-4-5-7-25(24)32-3/h4-7,16,18,20,22-23,31H,8-15,17,19H2,1-3H3/t23-/m1/s1. The van der Waals surface area contributed by atoms with Crippen LogP contribution in [0.3, 0.4) is 0 Å². The molecule has 0 saturated carbocycles. The molecule has 1 aromatic heterocycles. The quantitative estimate of drug-likeness (QED) is 0.680. The number of piperidine rings is 1. The summed E-state index contributed by atoms with van der Waals surface area (Å²) < 4.78 is 7.39. The Labute approximate surface area is 192 Å². The van der Waals surface area contributed by atoms with Gasteiger partial charge in [-0.15, -0.1) is 0 Å². The Kier molecular flexibility index (Phi) is 7.84. The van der Waals surface area contributed by atoms with Crippen molar-refractivity contribution in [1.82, 2.24) is 24.5 Å². The summed E-state index contributed by atoms with van der Waals surface area (Å²) in [5.74, 6) is 0.822. The molecule has 176 valence electrons. The van der Waals surface area contributed by atoms with Gasteiger partial charge in [-0.3, -0.25) is 9.80 Å². The van der Waals surface area contributed by atoms with E-state index in [0.29, 0.717) is 18.1 Å². The third-order valence-corrected chi connectivity index (χ3v) is 7.15. The van der Waals surface area contributed by atoms with E-state index >= 15 is 0 Å². The van der Waals surface area contributed by atoms with E-state index < -0.39 is 0 Å². The van der Waals surface area contributed by atoms with Gasteiger partial charge in [-0.05, 0) is 58.3 Å². The van der Waals surface area contributed by atoms with Gasteiger partial charge < -0.3 is 14.7 Å². The molecule has 0 spiro atoms. The lowest BCUT2D eigenvalue weighted by atomic mass is 9.97. The van der Waals surface area contributed by atoms with Gasteiger partial charge in [0.05, 0.1) is 13.3 Å². The average Bonchev–Trinajstić information content (AvgIpc) is 3.28. The summed E-state index contributed by atoms with van der Waals surface area (Å²) in [7, 11) is 1.69. The van der Waals surface area contributed by atoms with Crippen LogP contribution in [0.4, 0.5) is 0 Å². The highest BCUT2D eigenvalue weighted by atomic mass is 16.5. The summed E-state index contributed by atoms with van der Waals surface area (Å²) >= 11 is 0. The summed E-state index contributed by atoms with van der Waals surface area (Å²) in [5, 5.41) is 14.3. The number of ether oxygens (including phenoxy) is 1. The minimum atomic E-state index is 0.256. The van der Waals surface area contributed by atoms with E-state index in [0.717, 1.165) is 44.0 Å². The molecule has 7 heteroatoms. The molecule has 0 bridgehead atoms. The third kappa shape index (κ3) is 5.34. The summed E-state index contributed by atoms with van der Waals surface area (Å²) in [5.41, 5.74) is 2.16. The third-order valence-electron chi connectivity index (χ3n) is 7.15. The van der Waals surface area contributed by atoms with Crippen molar-refractivity contribution in [1.29, 1.82) is 0 Å². The Bertz CT molecular complexity index is 846. The molecule has 0 aliphatic carbocycles. The number of benzene rings is 1. The molecule has 2 aliphatic heterocycles. The number of aliphatic hydroxyl groups excluding tert-OH is 1. The zero-order chi connectivity index (χ0) is 22.5. The van der Waals surface area contributed by atoms with Gasteiger partial charge in [0.1, 0.15) is 11.4 Å². The summed E-state index contributed by atoms with van der Waals surface area (Å²) in [6.45, 7) is 11.3. The van der Waals surface area contributed by atoms with Crippen molar-refractivity contribution < 1.29 is 9.84 Å². The fraction of sp³-hybridized carbons (Fsp3) is 0.640. The number of aliphatic hydroxyl groups is 1. The van der Waals surface area contributed by atoms with Crippen molar-refractivity contribution in [3.63, 3.8) is 0 Å². The minimum Gasteiger partial charge on any atom is -0.494 e. The van der Waals surface area contributed by atoms with Gasteiger partial charge in [-0.25, -0.2) is 4.68 Å². The smallest absolute Gasteiger partial charge is 0.144 e. The predicted molar refractivity (Wildman–Crippen MR) is 127 cm³/mol. The second kappa shape index (κ2) is 10.8. The molecule has 0 amide bonds. The first kappa shape index (κ1) is 23.2. The van der Waals surface area contributed by atoms with Crippen LogP contribution >= 0.6 is 0 Å². The van der Waals surface area contributed by atoms with E-state index in [-0.39, 0.29) is 6.61 Å². The van der Waals surface area contributed by atoms with Crippen molar-refractivity contribution in [3.8, 4) is 11.4 Å². The number of hydrogen-bond acceptors (Lipinski definition) is 6. The first-order valence-electron chi connectivity index (χ1n) is 12.1. The number of likely N-dealkylation sites (tertiary alicyclic amines) is 1. The van der Waals surface area contributed by atoms with Crippen LogP contribution in [0.1, 0.15) is 38.7 Å². The second-order valence-corrected chi connectivity index (χ2v) is 9.46. The Hall–Kier alpha value is -1.93. The van der Waals surface area contributed by atoms with E-state index in [4.69, 9.17) is 4.74 Å². The lowest BCUT2D eigenvalue weighted by Crippen LogP contribution is -2.58. The maximum absolute atomic E-state index is 9.73. The second-order valence-electron chi connectivity index (χ2n) is 9.46. The van der Waals surface area contributed by atoms with Crippen LogP contribution in [-0.4, -0.2) is 94.2 Å². The zero-order valence-corrected chi connectivity index (χ0v) is 19.9. The van der Waals surface area contributed by atoms with E-state index in [2.05, 4.69) is 39.8 Å². The molecule has 2 fully saturated rings. The number of para-hydroxylation sites is 2. The van der Waals surface area contributed by atoms with Crippen LogP contribution in [-0.2, 0) is 6.54 Å². The number of rotatable bonds is 8. The normalized spacial score (nSPS) is 22.0. The van der Waals surface area contributed by atoms with E-state index in [1.165, 1.54) is 31.5 Å². The molecule has 7 nitrogen and oxygen atoms in total. The fourth-order valence-electron chi connectivity index (χ4n) is 5.35. The highest BCUT2D eigenvalue weighted by Crippen LogP contribution is 2.26. The van der Waals surface area contributed by atoms with Crippen LogP contribution in [0.15, 0.2) is 36.7 Å². The first-order valence-corrected chi connectivity index (χ1v) is 12.1. The summed E-state index contributed by atoms with van der Waals surface area (Å²) in [4.78, 5) is 7.81. The van der Waals surface area contributed by atoms with Gasteiger partial charge in [0, 0.05) is 62.7 Å². The molecular formula is C25H39N5O2. The van der Waals surface area contributed by atoms with Crippen molar-refractivity contribution >= 4 is 0 Å². The molecule has 2 aromatic rings. The lowest BCUT2D eigenvalue weighted by Gasteiger charge is -2.48. The topological polar surface area (TPSA) is 57.0 Å². The summed E-state index contributed by atoms with van der Waals surface area (Å²) in [6.07, 6.45) is 7.40. The predicted octanol–water partition coefficient (Wildman–Crippen LogP) is 2.62. The van der Waals surface area contributed by atoms with Gasteiger partial charge in [-0.1, -0.05) is 12.1 Å². The molecule has 1 aromatic carbocycles. The van der Waals surface area contributed by atoms with Gasteiger partial charge >= 0.3 is 0 Å². The van der Waals surface area contributed by atoms with Gasteiger partial charge in [-0.2, -0.15) is 5.10 Å². The van der Waals surface area contributed by atoms with Crippen LogP contribution < -0.4 is 4.74 Å². The molecule has 0 unspecified atom stereocenters. The molecule has 0 radical (unpaired) electrons. The van der Waals surface area contributed by atoms with Crippen LogP contribution in [0.2, 0.25) is 0 Å². The van der Waals surface area contributed by atoms with E-state index in [1.807, 2.05) is 35.1 Å². The Morgan fingerprint density at radius 2 is 1.91 bits per heavy atom. The van der Waals surface area contributed by atoms with Crippen LogP contribution in [0.5, 0.6) is 5.75 Å². The van der Waals surface area contributed by atoms with Crippen molar-refractivity contribution in [2.24, 2.45) is 0 Å². The van der Waals surface area contributed by atoms with Gasteiger partial charge in [0.25, 0.3) is 0 Å². The number of piperazine rings is 1. The van der Waals surface area contributed by atoms with Crippen molar-refractivity contribution in [2.45, 2.75) is 57.8 Å². The van der Waals surface area contributed by atoms with Gasteiger partial charge in [0.15, 0.2) is 0 Å². The monoisotopic (exact) mass is 441 g/mol. The highest BCUT2D eigenvalue weighted by molar-refractivity contribution is 5.46. The Morgan fingerprint density at radius 3 is 2.62 bits per heavy atom. The molecule has 4 rings (SSSR count). The lowest BCUT2D eigenvalue weighted by molar-refractivity contribution is -0.0000322. The summed E-state index contributed by atoms with van der Waals surface area (Å²) in [6, 6.07) is 9.67. The molecule has 1 atom stereocenters. The fourth-order valence-corrected chi connectivity index (χ4v) is 5.35. The van der Waals surface area contributed by atoms with E-state index in [9.17, 15) is 5.11 Å². The minimum absolute atomic E-state index is 0.256. The zero-order valence-electron chi connectivity index (χ0n) is 19.9. The van der Waals surface area contributed by atoms with Gasteiger partial charge in [0.2, 0.25) is 0 Å². The molecule has 32 heavy (non-hydrogen) atoms. The highest BCUT2D eigenvalue weighted by Gasteiger charge is 2.33. The Balaban J connectivity index is 1.37. The number of hydrogen-bond donors (Lipinski definition) is 1. The molecule has 3 heterocycles. The first-order chi connectivity index (χ1) is 15.6. The SMILES string of the molecule is COc1ccccc1-n1cc(CN2CCN(C3CCN(C(C)C)CC3)[C@H](CCO)C2)cn1. The van der Waals surface area contributed by atoms with Crippen molar-refractivity contribution in [3.05, 3.63) is 42.2 Å². The number of nitrogens with zero attached hydrogens (tertiary/aromatic N) is 5. The van der Waals surface area contributed by atoms with Crippen molar-refractivity contribution in [2.75, 3.05) is 46.4 Å². The number of aromatic nitrogens is 2. The van der Waals surface area contributed by atoms with E-state index in [1.54, 1.807) is 7.11 Å². The largest absolute Gasteiger partial charge is 0.494 e. The number of methoxy groups -OCH3 is 1.